The Morgan fingerprint density at radius 2 is 2.06 bits per heavy atom. The van der Waals surface area contributed by atoms with Gasteiger partial charge in [-0.3, -0.25) is 4.79 Å². The summed E-state index contributed by atoms with van der Waals surface area (Å²) >= 11 is 0. The number of hydrogen-bond donors (Lipinski definition) is 1. The molecular formula is C15H14N2O. The average molecular weight is 238 g/mol. The maximum Gasteiger partial charge on any atom is 0.152 e. The first-order valence-electron chi connectivity index (χ1n) is 6.04. The van der Waals surface area contributed by atoms with Crippen molar-refractivity contribution in [2.45, 2.75) is 13.0 Å². The molecule has 0 saturated carbocycles. The number of H-pyrrole nitrogens is 1. The van der Waals surface area contributed by atoms with Crippen molar-refractivity contribution in [2.75, 3.05) is 0 Å². The molecule has 0 bridgehead atoms. The Balaban J connectivity index is 1.94. The summed E-state index contributed by atoms with van der Waals surface area (Å²) in [6.45, 7) is 0.870. The van der Waals surface area contributed by atoms with E-state index in [2.05, 4.69) is 21.7 Å². The van der Waals surface area contributed by atoms with Gasteiger partial charge in [-0.25, -0.2) is 0 Å². The molecule has 1 aromatic carbocycles. The van der Waals surface area contributed by atoms with E-state index in [1.165, 1.54) is 5.69 Å². The van der Waals surface area contributed by atoms with E-state index in [4.69, 9.17) is 0 Å². The number of fused-ring (bicyclic) bond motifs is 1. The quantitative estimate of drug-likeness (QED) is 0.697. The summed E-state index contributed by atoms with van der Waals surface area (Å²) in [5.41, 5.74) is 3.09. The predicted octanol–water partition coefficient (Wildman–Crippen LogP) is 3.02. The standard InChI is InChI=1S/C15H14N2O/c18-11-12-10-17(9-7-13-4-3-8-16-13)15-6-2-1-5-14(12)15/h1-6,8,10-11,16H,7,9H2. The highest BCUT2D eigenvalue weighted by molar-refractivity contribution is 5.97. The fourth-order valence-corrected chi connectivity index (χ4v) is 2.32. The Kier molecular flexibility index (Phi) is 2.73. The van der Waals surface area contributed by atoms with Crippen molar-refractivity contribution in [1.29, 1.82) is 0 Å². The average Bonchev–Trinajstić information content (AvgIpc) is 3.04. The van der Waals surface area contributed by atoms with Crippen molar-refractivity contribution < 1.29 is 4.79 Å². The number of benzene rings is 1. The highest BCUT2D eigenvalue weighted by Gasteiger charge is 2.06. The highest BCUT2D eigenvalue weighted by Crippen LogP contribution is 2.20. The lowest BCUT2D eigenvalue weighted by molar-refractivity contribution is 0.112. The number of nitrogens with zero attached hydrogens (tertiary/aromatic N) is 1. The Bertz CT molecular complexity index is 665. The number of aromatic amines is 1. The van der Waals surface area contributed by atoms with Crippen molar-refractivity contribution in [1.82, 2.24) is 9.55 Å². The molecule has 0 aliphatic heterocycles. The highest BCUT2D eigenvalue weighted by atomic mass is 16.1. The molecule has 0 atom stereocenters. The maximum absolute atomic E-state index is 11.0. The molecule has 2 heterocycles. The minimum atomic E-state index is 0.761. The molecule has 3 nitrogen and oxygen atoms in total. The van der Waals surface area contributed by atoms with Crippen molar-refractivity contribution in [2.24, 2.45) is 0 Å². The Morgan fingerprint density at radius 1 is 1.17 bits per heavy atom. The van der Waals surface area contributed by atoms with Gasteiger partial charge < -0.3 is 9.55 Å². The summed E-state index contributed by atoms with van der Waals surface area (Å²) in [4.78, 5) is 14.2. The molecule has 0 radical (unpaired) electrons. The smallest absolute Gasteiger partial charge is 0.152 e. The van der Waals surface area contributed by atoms with Gasteiger partial charge in [0.1, 0.15) is 0 Å². The molecule has 0 aliphatic rings. The molecule has 3 heteroatoms. The molecule has 3 rings (SSSR count). The minimum Gasteiger partial charge on any atom is -0.365 e. The van der Waals surface area contributed by atoms with Gasteiger partial charge in [0, 0.05) is 47.5 Å². The van der Waals surface area contributed by atoms with Gasteiger partial charge in [0.25, 0.3) is 0 Å². The largest absolute Gasteiger partial charge is 0.365 e. The molecule has 1 N–H and O–H groups in total. The summed E-state index contributed by atoms with van der Waals surface area (Å²) in [7, 11) is 0. The van der Waals surface area contributed by atoms with Crippen LogP contribution in [0, 0.1) is 0 Å². The monoisotopic (exact) mass is 238 g/mol. The van der Waals surface area contributed by atoms with Crippen LogP contribution in [0.15, 0.2) is 48.8 Å². The third-order valence-electron chi connectivity index (χ3n) is 3.23. The molecule has 90 valence electrons. The first-order chi connectivity index (χ1) is 8.88. The number of nitrogens with one attached hydrogen (secondary N) is 1. The fraction of sp³-hybridized carbons (Fsp3) is 0.133. The van der Waals surface area contributed by atoms with Crippen LogP contribution in [0.5, 0.6) is 0 Å². The van der Waals surface area contributed by atoms with Gasteiger partial charge in [0.05, 0.1) is 0 Å². The number of para-hydroxylation sites is 1. The number of hydrogen-bond acceptors (Lipinski definition) is 1. The van der Waals surface area contributed by atoms with E-state index in [0.29, 0.717) is 0 Å². The van der Waals surface area contributed by atoms with E-state index >= 15 is 0 Å². The second-order valence-corrected chi connectivity index (χ2v) is 4.36. The fourth-order valence-electron chi connectivity index (χ4n) is 2.32. The topological polar surface area (TPSA) is 37.8 Å². The minimum absolute atomic E-state index is 0.761. The van der Waals surface area contributed by atoms with Crippen LogP contribution in [0.1, 0.15) is 16.1 Å². The van der Waals surface area contributed by atoms with E-state index in [1.54, 1.807) is 0 Å². The number of rotatable bonds is 4. The zero-order chi connectivity index (χ0) is 12.4. The second-order valence-electron chi connectivity index (χ2n) is 4.36. The van der Waals surface area contributed by atoms with Gasteiger partial charge in [-0.1, -0.05) is 18.2 Å². The molecule has 0 fully saturated rings. The van der Waals surface area contributed by atoms with Crippen LogP contribution in [-0.2, 0) is 13.0 Å². The Morgan fingerprint density at radius 3 is 2.83 bits per heavy atom. The summed E-state index contributed by atoms with van der Waals surface area (Å²) < 4.78 is 2.14. The van der Waals surface area contributed by atoms with Crippen LogP contribution < -0.4 is 0 Å². The lowest BCUT2D eigenvalue weighted by Gasteiger charge is -2.03. The Labute approximate surface area is 105 Å². The summed E-state index contributed by atoms with van der Waals surface area (Å²) in [5.74, 6) is 0. The zero-order valence-electron chi connectivity index (χ0n) is 9.97. The van der Waals surface area contributed by atoms with Gasteiger partial charge in [0.2, 0.25) is 0 Å². The van der Waals surface area contributed by atoms with E-state index in [-0.39, 0.29) is 0 Å². The van der Waals surface area contributed by atoms with E-state index < -0.39 is 0 Å². The third kappa shape index (κ3) is 1.84. The van der Waals surface area contributed by atoms with Gasteiger partial charge in [-0.05, 0) is 18.2 Å². The van der Waals surface area contributed by atoms with Gasteiger partial charge >= 0.3 is 0 Å². The second kappa shape index (κ2) is 4.53. The SMILES string of the molecule is O=Cc1cn(CCc2ccc[nH]2)c2ccccc12. The molecule has 0 saturated heterocycles. The van der Waals surface area contributed by atoms with Crippen LogP contribution in [0.3, 0.4) is 0 Å². The molecule has 0 spiro atoms. The lowest BCUT2D eigenvalue weighted by atomic mass is 10.2. The number of aldehydes is 1. The van der Waals surface area contributed by atoms with Gasteiger partial charge in [0.15, 0.2) is 6.29 Å². The molecule has 0 aliphatic carbocycles. The maximum atomic E-state index is 11.0. The van der Waals surface area contributed by atoms with Crippen LogP contribution in [0.2, 0.25) is 0 Å². The van der Waals surface area contributed by atoms with Gasteiger partial charge in [-0.2, -0.15) is 0 Å². The van der Waals surface area contributed by atoms with Crippen LogP contribution in [-0.4, -0.2) is 15.8 Å². The number of carbonyl (C=O) groups excluding carboxylic acids is 1. The lowest BCUT2D eigenvalue weighted by Crippen LogP contribution is -1.99. The summed E-state index contributed by atoms with van der Waals surface area (Å²) in [6.07, 6.45) is 5.72. The number of aryl methyl sites for hydroxylation is 2. The first-order valence-corrected chi connectivity index (χ1v) is 6.04. The number of aromatic nitrogens is 2. The van der Waals surface area contributed by atoms with Crippen molar-refractivity contribution in [3.05, 3.63) is 60.0 Å². The molecule has 18 heavy (non-hydrogen) atoms. The first kappa shape index (κ1) is 10.8. The Hall–Kier alpha value is -2.29. The molecule has 2 aromatic heterocycles. The van der Waals surface area contributed by atoms with E-state index in [1.807, 2.05) is 36.7 Å². The molecular weight excluding hydrogens is 224 g/mol. The van der Waals surface area contributed by atoms with Crippen molar-refractivity contribution in [3.63, 3.8) is 0 Å². The number of carbonyl (C=O) groups is 1. The third-order valence-corrected chi connectivity index (χ3v) is 3.23. The van der Waals surface area contributed by atoms with Crippen LogP contribution in [0.4, 0.5) is 0 Å². The van der Waals surface area contributed by atoms with Crippen molar-refractivity contribution in [3.8, 4) is 0 Å². The molecule has 3 aromatic rings. The molecule has 0 unspecified atom stereocenters. The van der Waals surface area contributed by atoms with E-state index in [0.717, 1.165) is 35.7 Å². The van der Waals surface area contributed by atoms with Crippen LogP contribution >= 0.6 is 0 Å². The molecule has 0 amide bonds. The summed E-state index contributed by atoms with van der Waals surface area (Å²) in [6, 6.07) is 12.1. The summed E-state index contributed by atoms with van der Waals surface area (Å²) in [5, 5.41) is 1.03. The zero-order valence-corrected chi connectivity index (χ0v) is 9.97. The van der Waals surface area contributed by atoms with Crippen molar-refractivity contribution >= 4 is 17.2 Å². The predicted molar refractivity (Wildman–Crippen MR) is 71.8 cm³/mol. The van der Waals surface area contributed by atoms with Crippen LogP contribution in [0.25, 0.3) is 10.9 Å². The van der Waals surface area contributed by atoms with Gasteiger partial charge in [-0.15, -0.1) is 0 Å². The normalized spacial score (nSPS) is 10.9. The van der Waals surface area contributed by atoms with E-state index in [9.17, 15) is 4.79 Å².